The third-order valence-corrected chi connectivity index (χ3v) is 3.45. The number of nitro groups is 1. The van der Waals surface area contributed by atoms with Crippen molar-refractivity contribution in [1.29, 1.82) is 0 Å². The molecule has 1 aromatic heterocycles. The summed E-state index contributed by atoms with van der Waals surface area (Å²) in [6.07, 6.45) is 0. The molecule has 0 N–H and O–H groups in total. The van der Waals surface area contributed by atoms with Gasteiger partial charge in [-0.1, -0.05) is 41.4 Å². The Morgan fingerprint density at radius 2 is 1.81 bits per heavy atom. The van der Waals surface area contributed by atoms with Crippen molar-refractivity contribution in [3.8, 4) is 11.4 Å². The molecule has 21 heavy (non-hydrogen) atoms. The SMILES string of the molecule is O=[N+]([O-])c1cccc2nc(-c3cccc(Cl)c3)nc(Cl)c12. The second-order valence-corrected chi connectivity index (χ2v) is 5.07. The van der Waals surface area contributed by atoms with Crippen LogP contribution in [0.1, 0.15) is 0 Å². The van der Waals surface area contributed by atoms with Gasteiger partial charge in [0, 0.05) is 16.7 Å². The van der Waals surface area contributed by atoms with E-state index in [1.165, 1.54) is 6.07 Å². The summed E-state index contributed by atoms with van der Waals surface area (Å²) >= 11 is 12.1. The molecule has 0 aliphatic rings. The summed E-state index contributed by atoms with van der Waals surface area (Å²) in [4.78, 5) is 19.0. The molecule has 0 unspecified atom stereocenters. The van der Waals surface area contributed by atoms with Crippen molar-refractivity contribution in [2.24, 2.45) is 0 Å². The minimum absolute atomic E-state index is 0.0438. The number of fused-ring (bicyclic) bond motifs is 1. The second kappa shape index (κ2) is 5.27. The number of benzene rings is 2. The second-order valence-electron chi connectivity index (χ2n) is 4.28. The van der Waals surface area contributed by atoms with Gasteiger partial charge in [-0.3, -0.25) is 10.1 Å². The number of nitrogens with zero attached hydrogens (tertiary/aromatic N) is 3. The van der Waals surface area contributed by atoms with E-state index in [-0.39, 0.29) is 16.2 Å². The molecule has 0 atom stereocenters. The van der Waals surface area contributed by atoms with Crippen LogP contribution in [-0.2, 0) is 0 Å². The Labute approximate surface area is 129 Å². The first-order valence-corrected chi connectivity index (χ1v) is 6.68. The Balaban J connectivity index is 2.28. The molecule has 3 aromatic rings. The number of hydrogen-bond donors (Lipinski definition) is 0. The molecule has 5 nitrogen and oxygen atoms in total. The maximum atomic E-state index is 11.0. The topological polar surface area (TPSA) is 68.9 Å². The molecule has 0 bridgehead atoms. The summed E-state index contributed by atoms with van der Waals surface area (Å²) in [7, 11) is 0. The van der Waals surface area contributed by atoms with Gasteiger partial charge < -0.3 is 0 Å². The summed E-state index contributed by atoms with van der Waals surface area (Å²) in [5, 5.41) is 11.9. The van der Waals surface area contributed by atoms with Crippen molar-refractivity contribution in [1.82, 2.24) is 9.97 Å². The summed E-state index contributed by atoms with van der Waals surface area (Å²) in [5.74, 6) is 0.371. The highest BCUT2D eigenvalue weighted by atomic mass is 35.5. The van der Waals surface area contributed by atoms with E-state index < -0.39 is 4.92 Å². The van der Waals surface area contributed by atoms with Gasteiger partial charge in [0.25, 0.3) is 5.69 Å². The number of hydrogen-bond acceptors (Lipinski definition) is 4. The average molecular weight is 320 g/mol. The number of aromatic nitrogens is 2. The molecule has 0 saturated heterocycles. The van der Waals surface area contributed by atoms with Crippen LogP contribution in [0.4, 0.5) is 5.69 Å². The van der Waals surface area contributed by atoms with Crippen LogP contribution in [0, 0.1) is 10.1 Å². The van der Waals surface area contributed by atoms with E-state index in [1.807, 2.05) is 0 Å². The van der Waals surface area contributed by atoms with E-state index in [1.54, 1.807) is 36.4 Å². The van der Waals surface area contributed by atoms with Crippen molar-refractivity contribution < 1.29 is 4.92 Å². The number of halogens is 2. The van der Waals surface area contributed by atoms with Crippen LogP contribution in [0.5, 0.6) is 0 Å². The average Bonchev–Trinajstić information content (AvgIpc) is 2.46. The normalized spacial score (nSPS) is 10.8. The smallest absolute Gasteiger partial charge is 0.258 e. The fourth-order valence-corrected chi connectivity index (χ4v) is 2.49. The lowest BCUT2D eigenvalue weighted by molar-refractivity contribution is -0.383. The Morgan fingerprint density at radius 3 is 2.52 bits per heavy atom. The first-order valence-electron chi connectivity index (χ1n) is 5.93. The van der Waals surface area contributed by atoms with Crippen LogP contribution >= 0.6 is 23.2 Å². The van der Waals surface area contributed by atoms with Gasteiger partial charge in [0.05, 0.1) is 10.4 Å². The fourth-order valence-electron chi connectivity index (χ4n) is 2.03. The Hall–Kier alpha value is -2.24. The maximum absolute atomic E-state index is 11.0. The first-order chi connectivity index (χ1) is 10.1. The van der Waals surface area contributed by atoms with Gasteiger partial charge in [0.1, 0.15) is 10.5 Å². The lowest BCUT2D eigenvalue weighted by Gasteiger charge is -2.05. The van der Waals surface area contributed by atoms with Crippen LogP contribution in [0.15, 0.2) is 42.5 Å². The predicted octanol–water partition coefficient (Wildman–Crippen LogP) is 4.51. The third-order valence-electron chi connectivity index (χ3n) is 2.94. The Bertz CT molecular complexity index is 868. The number of rotatable bonds is 2. The number of non-ortho nitro benzene ring substituents is 1. The minimum atomic E-state index is -0.503. The summed E-state index contributed by atoms with van der Waals surface area (Å²) in [6.45, 7) is 0. The van der Waals surface area contributed by atoms with E-state index in [0.29, 0.717) is 21.9 Å². The predicted molar refractivity (Wildman–Crippen MR) is 81.6 cm³/mol. The van der Waals surface area contributed by atoms with Crippen LogP contribution in [0.2, 0.25) is 10.2 Å². The van der Waals surface area contributed by atoms with Crippen LogP contribution in [-0.4, -0.2) is 14.9 Å². The highest BCUT2D eigenvalue weighted by Crippen LogP contribution is 2.32. The standard InChI is InChI=1S/C14H7Cl2N3O2/c15-9-4-1-3-8(7-9)14-17-10-5-2-6-11(19(20)21)12(10)13(16)18-14/h1-7H. The zero-order chi connectivity index (χ0) is 15.0. The minimum Gasteiger partial charge on any atom is -0.258 e. The Kier molecular flexibility index (Phi) is 3.45. The van der Waals surface area contributed by atoms with Gasteiger partial charge in [-0.25, -0.2) is 9.97 Å². The molecular formula is C14H7Cl2N3O2. The van der Waals surface area contributed by atoms with Crippen LogP contribution < -0.4 is 0 Å². The molecule has 0 saturated carbocycles. The van der Waals surface area contributed by atoms with Crippen LogP contribution in [0.25, 0.3) is 22.3 Å². The molecule has 3 rings (SSSR count). The molecule has 2 aromatic carbocycles. The van der Waals surface area contributed by atoms with E-state index in [0.717, 1.165) is 0 Å². The monoisotopic (exact) mass is 319 g/mol. The van der Waals surface area contributed by atoms with E-state index >= 15 is 0 Å². The van der Waals surface area contributed by atoms with Crippen LogP contribution in [0.3, 0.4) is 0 Å². The first kappa shape index (κ1) is 13.7. The highest BCUT2D eigenvalue weighted by Gasteiger charge is 2.18. The van der Waals surface area contributed by atoms with Gasteiger partial charge in [0.2, 0.25) is 0 Å². The highest BCUT2D eigenvalue weighted by molar-refractivity contribution is 6.35. The van der Waals surface area contributed by atoms with Crippen molar-refractivity contribution in [3.63, 3.8) is 0 Å². The van der Waals surface area contributed by atoms with E-state index in [2.05, 4.69) is 9.97 Å². The molecule has 0 amide bonds. The van der Waals surface area contributed by atoms with Crippen molar-refractivity contribution in [3.05, 3.63) is 62.8 Å². The van der Waals surface area contributed by atoms with Crippen molar-refractivity contribution >= 4 is 39.8 Å². The lowest BCUT2D eigenvalue weighted by atomic mass is 10.2. The van der Waals surface area contributed by atoms with Gasteiger partial charge in [-0.2, -0.15) is 0 Å². The summed E-state index contributed by atoms with van der Waals surface area (Å²) < 4.78 is 0. The van der Waals surface area contributed by atoms with Gasteiger partial charge in [-0.05, 0) is 18.2 Å². The van der Waals surface area contributed by atoms with E-state index in [4.69, 9.17) is 23.2 Å². The molecule has 0 fully saturated rings. The molecule has 0 aliphatic heterocycles. The Morgan fingerprint density at radius 1 is 1.05 bits per heavy atom. The molecule has 0 radical (unpaired) electrons. The zero-order valence-electron chi connectivity index (χ0n) is 10.5. The van der Waals surface area contributed by atoms with Gasteiger partial charge in [0.15, 0.2) is 5.82 Å². The molecule has 0 spiro atoms. The van der Waals surface area contributed by atoms with E-state index in [9.17, 15) is 10.1 Å². The fraction of sp³-hybridized carbons (Fsp3) is 0. The zero-order valence-corrected chi connectivity index (χ0v) is 12.0. The van der Waals surface area contributed by atoms with Gasteiger partial charge >= 0.3 is 0 Å². The summed E-state index contributed by atoms with van der Waals surface area (Å²) in [6, 6.07) is 11.6. The number of nitro benzene ring substituents is 1. The third kappa shape index (κ3) is 2.53. The molecular weight excluding hydrogens is 313 g/mol. The lowest BCUT2D eigenvalue weighted by Crippen LogP contribution is -1.96. The molecule has 104 valence electrons. The van der Waals surface area contributed by atoms with Crippen molar-refractivity contribution in [2.75, 3.05) is 0 Å². The molecule has 7 heteroatoms. The molecule has 1 heterocycles. The molecule has 0 aliphatic carbocycles. The maximum Gasteiger partial charge on any atom is 0.281 e. The van der Waals surface area contributed by atoms with Gasteiger partial charge in [-0.15, -0.1) is 0 Å². The summed E-state index contributed by atoms with van der Waals surface area (Å²) in [5.41, 5.74) is 0.993. The van der Waals surface area contributed by atoms with Crippen molar-refractivity contribution in [2.45, 2.75) is 0 Å². The quantitative estimate of drug-likeness (QED) is 0.396. The largest absolute Gasteiger partial charge is 0.281 e.